The van der Waals surface area contributed by atoms with Gasteiger partial charge in [-0.25, -0.2) is 8.78 Å². The molecule has 0 fully saturated rings. The Bertz CT molecular complexity index is 735. The molecule has 0 unspecified atom stereocenters. The molecule has 0 amide bonds. The van der Waals surface area contributed by atoms with E-state index in [9.17, 15) is 13.6 Å². The number of rotatable bonds is 12. The average molecular weight is 434 g/mol. The third-order valence-electron chi connectivity index (χ3n) is 4.36. The molecule has 0 spiro atoms. The predicted molar refractivity (Wildman–Crippen MR) is 118 cm³/mol. The Balaban J connectivity index is 1.84. The zero-order valence-corrected chi connectivity index (χ0v) is 18.7. The molecule has 2 rings (SSSR count). The lowest BCUT2D eigenvalue weighted by molar-refractivity contribution is -0.155. The summed E-state index contributed by atoms with van der Waals surface area (Å²) in [5, 5.41) is 0. The number of carbonyl (C=O) groups excluding carboxylic acids is 1. The van der Waals surface area contributed by atoms with E-state index in [4.69, 9.17) is 9.47 Å². The Kier molecular flexibility index (Phi) is 9.59. The zero-order valence-electron chi connectivity index (χ0n) is 18.7. The summed E-state index contributed by atoms with van der Waals surface area (Å²) in [5.41, 5.74) is 1.41. The summed E-state index contributed by atoms with van der Waals surface area (Å²) in [6, 6.07) is 19.2. The molecule has 170 valence electrons. The minimum Gasteiger partial charge on any atom is -0.460 e. The number of ether oxygens (including phenoxy) is 2. The smallest absolute Gasteiger partial charge is 0.306 e. The monoisotopic (exact) mass is 433 g/mol. The minimum atomic E-state index is -3.00. The van der Waals surface area contributed by atoms with Crippen LogP contribution in [0.5, 0.6) is 0 Å². The van der Waals surface area contributed by atoms with Gasteiger partial charge >= 0.3 is 5.97 Å². The van der Waals surface area contributed by atoms with Crippen LogP contribution in [0.25, 0.3) is 0 Å². The van der Waals surface area contributed by atoms with Crippen molar-refractivity contribution in [3.05, 3.63) is 71.8 Å². The second-order valence-corrected chi connectivity index (χ2v) is 8.71. The molecular formula is C25H33F2NO3. The average Bonchev–Trinajstić information content (AvgIpc) is 2.67. The van der Waals surface area contributed by atoms with Crippen molar-refractivity contribution < 1.29 is 23.0 Å². The number of halogens is 2. The minimum absolute atomic E-state index is 0.0895. The predicted octanol–water partition coefficient (Wildman–Crippen LogP) is 5.46. The summed E-state index contributed by atoms with van der Waals surface area (Å²) in [5.74, 6) is -3.35. The zero-order chi connectivity index (χ0) is 22.7. The molecule has 0 aliphatic rings. The first kappa shape index (κ1) is 25.0. The first-order valence-corrected chi connectivity index (χ1v) is 10.6. The Morgan fingerprint density at radius 1 is 0.903 bits per heavy atom. The lowest BCUT2D eigenvalue weighted by Gasteiger charge is -2.27. The van der Waals surface area contributed by atoms with Crippen LogP contribution in [0.4, 0.5) is 8.78 Å². The van der Waals surface area contributed by atoms with Crippen LogP contribution in [-0.4, -0.2) is 42.2 Å². The topological polar surface area (TPSA) is 38.8 Å². The third-order valence-corrected chi connectivity index (χ3v) is 4.36. The molecule has 2 aromatic rings. The largest absolute Gasteiger partial charge is 0.460 e. The fourth-order valence-corrected chi connectivity index (χ4v) is 3.16. The van der Waals surface area contributed by atoms with Crippen LogP contribution >= 0.6 is 0 Å². The summed E-state index contributed by atoms with van der Waals surface area (Å²) < 4.78 is 39.7. The second kappa shape index (κ2) is 11.9. The molecule has 0 saturated carbocycles. The first-order chi connectivity index (χ1) is 14.6. The number of esters is 1. The van der Waals surface area contributed by atoms with E-state index in [1.807, 2.05) is 60.7 Å². The van der Waals surface area contributed by atoms with Crippen molar-refractivity contribution in [2.24, 2.45) is 0 Å². The maximum atomic E-state index is 14.6. The van der Waals surface area contributed by atoms with Gasteiger partial charge in [0.05, 0.1) is 6.54 Å². The van der Waals surface area contributed by atoms with Crippen molar-refractivity contribution in [3.8, 4) is 0 Å². The quantitative estimate of drug-likeness (QED) is 0.329. The summed E-state index contributed by atoms with van der Waals surface area (Å²) >= 11 is 0. The highest BCUT2D eigenvalue weighted by Crippen LogP contribution is 2.20. The van der Waals surface area contributed by atoms with Crippen LogP contribution in [0.15, 0.2) is 60.7 Å². The number of alkyl halides is 2. The highest BCUT2D eigenvalue weighted by Gasteiger charge is 2.32. The highest BCUT2D eigenvalue weighted by atomic mass is 19.3. The van der Waals surface area contributed by atoms with E-state index in [-0.39, 0.29) is 19.0 Å². The molecule has 0 bridgehead atoms. The van der Waals surface area contributed by atoms with Crippen LogP contribution in [0.2, 0.25) is 0 Å². The van der Waals surface area contributed by atoms with E-state index in [0.29, 0.717) is 19.5 Å². The van der Waals surface area contributed by atoms with Gasteiger partial charge in [-0.3, -0.25) is 9.69 Å². The number of carbonyl (C=O) groups is 1. The molecule has 0 aliphatic carbocycles. The molecule has 0 aromatic heterocycles. The van der Waals surface area contributed by atoms with Crippen molar-refractivity contribution in [1.82, 2.24) is 4.90 Å². The van der Waals surface area contributed by atoms with Gasteiger partial charge in [-0.15, -0.1) is 0 Å². The number of benzene rings is 2. The lowest BCUT2D eigenvalue weighted by Crippen LogP contribution is -2.39. The van der Waals surface area contributed by atoms with E-state index < -0.39 is 24.7 Å². The van der Waals surface area contributed by atoms with E-state index in [0.717, 1.165) is 11.1 Å². The SMILES string of the molecule is CC(C)(C)OC(=O)CCCOCC(F)(F)CN(Cc1ccccc1)Cc1ccccc1. The molecule has 0 aliphatic heterocycles. The van der Waals surface area contributed by atoms with E-state index in [1.165, 1.54) is 0 Å². The maximum Gasteiger partial charge on any atom is 0.306 e. The van der Waals surface area contributed by atoms with Crippen LogP contribution in [0.1, 0.15) is 44.7 Å². The normalized spacial score (nSPS) is 12.2. The van der Waals surface area contributed by atoms with Gasteiger partial charge in [0.2, 0.25) is 0 Å². The van der Waals surface area contributed by atoms with Crippen molar-refractivity contribution in [1.29, 1.82) is 0 Å². The van der Waals surface area contributed by atoms with Crippen molar-refractivity contribution in [3.63, 3.8) is 0 Å². The van der Waals surface area contributed by atoms with Gasteiger partial charge in [-0.2, -0.15) is 0 Å². The Labute approximate surface area is 184 Å². The van der Waals surface area contributed by atoms with Crippen molar-refractivity contribution in [2.45, 2.75) is 58.2 Å². The highest BCUT2D eigenvalue weighted by molar-refractivity contribution is 5.69. The Morgan fingerprint density at radius 2 is 1.42 bits per heavy atom. The van der Waals surface area contributed by atoms with E-state index >= 15 is 0 Å². The summed E-state index contributed by atoms with van der Waals surface area (Å²) in [6.07, 6.45) is 0.500. The molecular weight excluding hydrogens is 400 g/mol. The standard InChI is InChI=1S/C25H33F2NO3/c1-24(2,3)31-23(29)15-10-16-30-20-25(26,27)19-28(17-21-11-6-4-7-12-21)18-22-13-8-5-9-14-22/h4-9,11-14H,10,15-20H2,1-3H3. The molecule has 0 saturated heterocycles. The number of hydrogen-bond acceptors (Lipinski definition) is 4. The first-order valence-electron chi connectivity index (χ1n) is 10.6. The molecule has 0 N–H and O–H groups in total. The Morgan fingerprint density at radius 3 is 1.90 bits per heavy atom. The van der Waals surface area contributed by atoms with Crippen LogP contribution in [0.3, 0.4) is 0 Å². The molecule has 4 nitrogen and oxygen atoms in total. The van der Waals surface area contributed by atoms with Gasteiger partial charge in [-0.1, -0.05) is 60.7 Å². The van der Waals surface area contributed by atoms with Crippen molar-refractivity contribution >= 4 is 5.97 Å². The molecule has 0 heterocycles. The van der Waals surface area contributed by atoms with Crippen LogP contribution in [0, 0.1) is 0 Å². The maximum absolute atomic E-state index is 14.6. The van der Waals surface area contributed by atoms with Gasteiger partial charge in [0, 0.05) is 26.1 Å². The second-order valence-electron chi connectivity index (χ2n) is 8.71. The lowest BCUT2D eigenvalue weighted by atomic mass is 10.1. The van der Waals surface area contributed by atoms with Gasteiger partial charge in [0.15, 0.2) is 0 Å². The van der Waals surface area contributed by atoms with Crippen LogP contribution in [-0.2, 0) is 27.4 Å². The van der Waals surface area contributed by atoms with Gasteiger partial charge in [-0.05, 0) is 38.3 Å². The van der Waals surface area contributed by atoms with Gasteiger partial charge in [0.25, 0.3) is 5.92 Å². The number of nitrogens with zero attached hydrogens (tertiary/aromatic N) is 1. The summed E-state index contributed by atoms with van der Waals surface area (Å²) in [6.45, 7) is 5.21. The molecule has 6 heteroatoms. The summed E-state index contributed by atoms with van der Waals surface area (Å²) in [7, 11) is 0. The molecule has 0 atom stereocenters. The van der Waals surface area contributed by atoms with Gasteiger partial charge in [0.1, 0.15) is 12.2 Å². The molecule has 0 radical (unpaired) electrons. The Hall–Kier alpha value is -2.31. The van der Waals surface area contributed by atoms with E-state index in [1.54, 1.807) is 25.7 Å². The fraction of sp³-hybridized carbons (Fsp3) is 0.480. The fourth-order valence-electron chi connectivity index (χ4n) is 3.16. The number of hydrogen-bond donors (Lipinski definition) is 0. The van der Waals surface area contributed by atoms with Gasteiger partial charge < -0.3 is 9.47 Å². The third kappa shape index (κ3) is 11.0. The molecule has 2 aromatic carbocycles. The van der Waals surface area contributed by atoms with Crippen molar-refractivity contribution in [2.75, 3.05) is 19.8 Å². The van der Waals surface area contributed by atoms with Crippen LogP contribution < -0.4 is 0 Å². The van der Waals surface area contributed by atoms with E-state index in [2.05, 4.69) is 0 Å². The summed E-state index contributed by atoms with van der Waals surface area (Å²) in [4.78, 5) is 13.4. The molecule has 31 heavy (non-hydrogen) atoms.